The van der Waals surface area contributed by atoms with Gasteiger partial charge in [0, 0.05) is 0 Å². The molecular formula is C18H30O. The second-order valence-electron chi connectivity index (χ2n) is 7.57. The first-order chi connectivity index (χ1) is 9.24. The molecule has 3 fully saturated rings. The minimum Gasteiger partial charge on any atom is -0.499 e. The van der Waals surface area contributed by atoms with Crippen LogP contribution in [0, 0.1) is 23.2 Å². The Kier molecular flexibility index (Phi) is 3.91. The van der Waals surface area contributed by atoms with Crippen LogP contribution in [0.5, 0.6) is 0 Å². The van der Waals surface area contributed by atoms with E-state index in [1.807, 2.05) is 0 Å². The van der Waals surface area contributed by atoms with Gasteiger partial charge >= 0.3 is 0 Å². The van der Waals surface area contributed by atoms with Crippen LogP contribution in [0.4, 0.5) is 0 Å². The zero-order valence-corrected chi connectivity index (χ0v) is 12.6. The molecule has 3 aliphatic rings. The molecule has 3 aliphatic carbocycles. The monoisotopic (exact) mass is 262 g/mol. The van der Waals surface area contributed by atoms with Gasteiger partial charge in [-0.25, -0.2) is 0 Å². The smallest absolute Gasteiger partial charge is 0.0988 e. The van der Waals surface area contributed by atoms with Crippen LogP contribution in [0.2, 0.25) is 0 Å². The minimum absolute atomic E-state index is 0.499. The summed E-state index contributed by atoms with van der Waals surface area (Å²) in [6.07, 6.45) is 16.7. The molecule has 0 amide bonds. The van der Waals surface area contributed by atoms with Crippen LogP contribution in [0.3, 0.4) is 0 Å². The molecular weight excluding hydrogens is 232 g/mol. The van der Waals surface area contributed by atoms with Gasteiger partial charge in [0.15, 0.2) is 0 Å². The Labute approximate surface area is 118 Å². The Hall–Kier alpha value is -0.460. The molecule has 1 spiro atoms. The van der Waals surface area contributed by atoms with E-state index in [4.69, 9.17) is 4.74 Å². The normalized spacial score (nSPS) is 45.3. The first-order valence-electron chi connectivity index (χ1n) is 8.51. The van der Waals surface area contributed by atoms with Crippen LogP contribution in [0.15, 0.2) is 12.8 Å². The van der Waals surface area contributed by atoms with E-state index in [0.29, 0.717) is 11.5 Å². The van der Waals surface area contributed by atoms with Crippen molar-refractivity contribution in [3.63, 3.8) is 0 Å². The second kappa shape index (κ2) is 5.50. The van der Waals surface area contributed by atoms with E-state index < -0.39 is 0 Å². The lowest BCUT2D eigenvalue weighted by Gasteiger charge is -2.59. The maximum atomic E-state index is 5.49. The van der Waals surface area contributed by atoms with Crippen molar-refractivity contribution in [2.45, 2.75) is 77.2 Å². The Morgan fingerprint density at radius 3 is 2.32 bits per heavy atom. The van der Waals surface area contributed by atoms with Crippen molar-refractivity contribution in [2.75, 3.05) is 0 Å². The van der Waals surface area contributed by atoms with E-state index in [1.165, 1.54) is 64.2 Å². The number of ether oxygens (including phenoxy) is 1. The van der Waals surface area contributed by atoms with Gasteiger partial charge in [0.1, 0.15) is 0 Å². The van der Waals surface area contributed by atoms with Gasteiger partial charge in [-0.1, -0.05) is 39.2 Å². The van der Waals surface area contributed by atoms with Crippen molar-refractivity contribution in [1.29, 1.82) is 0 Å². The second-order valence-corrected chi connectivity index (χ2v) is 7.57. The molecule has 0 aliphatic heterocycles. The van der Waals surface area contributed by atoms with Gasteiger partial charge in [0.25, 0.3) is 0 Å². The van der Waals surface area contributed by atoms with E-state index in [2.05, 4.69) is 13.5 Å². The zero-order chi connectivity index (χ0) is 13.3. The van der Waals surface area contributed by atoms with E-state index in [9.17, 15) is 0 Å². The summed E-state index contributed by atoms with van der Waals surface area (Å²) in [5, 5.41) is 0. The highest BCUT2D eigenvalue weighted by Crippen LogP contribution is 2.62. The molecule has 0 bridgehead atoms. The highest BCUT2D eigenvalue weighted by molar-refractivity contribution is 5.05. The lowest BCUT2D eigenvalue weighted by Crippen LogP contribution is -2.52. The molecule has 0 atom stereocenters. The van der Waals surface area contributed by atoms with Gasteiger partial charge in [-0.15, -0.1) is 0 Å². The molecule has 1 heteroatoms. The molecule has 0 saturated heterocycles. The third-order valence-electron chi connectivity index (χ3n) is 6.26. The first-order valence-corrected chi connectivity index (χ1v) is 8.51. The number of hydrogen-bond donors (Lipinski definition) is 0. The Bertz CT molecular complexity index is 300. The van der Waals surface area contributed by atoms with Crippen molar-refractivity contribution in [2.24, 2.45) is 23.2 Å². The van der Waals surface area contributed by atoms with Gasteiger partial charge in [-0.3, -0.25) is 0 Å². The lowest BCUT2D eigenvalue weighted by atomic mass is 9.47. The Morgan fingerprint density at radius 2 is 1.74 bits per heavy atom. The van der Waals surface area contributed by atoms with Crippen LogP contribution in [0.25, 0.3) is 0 Å². The predicted octanol–water partition coefficient (Wildman–Crippen LogP) is 5.31. The van der Waals surface area contributed by atoms with Crippen molar-refractivity contribution in [3.05, 3.63) is 12.8 Å². The molecule has 0 N–H and O–H groups in total. The maximum absolute atomic E-state index is 5.49. The molecule has 0 aromatic rings. The fourth-order valence-corrected chi connectivity index (χ4v) is 5.21. The molecule has 0 aromatic carbocycles. The number of rotatable bonds is 5. The van der Waals surface area contributed by atoms with E-state index in [0.717, 1.165) is 17.8 Å². The van der Waals surface area contributed by atoms with Crippen LogP contribution in [0.1, 0.15) is 71.1 Å². The summed E-state index contributed by atoms with van der Waals surface area (Å²) < 4.78 is 5.49. The predicted molar refractivity (Wildman–Crippen MR) is 79.8 cm³/mol. The maximum Gasteiger partial charge on any atom is 0.0988 e. The summed E-state index contributed by atoms with van der Waals surface area (Å²) in [5.74, 6) is 3.19. The summed E-state index contributed by atoms with van der Waals surface area (Å²) in [5.41, 5.74) is 0.707. The summed E-state index contributed by atoms with van der Waals surface area (Å²) in [6.45, 7) is 6.00. The largest absolute Gasteiger partial charge is 0.499 e. The minimum atomic E-state index is 0.499. The Balaban J connectivity index is 1.37. The van der Waals surface area contributed by atoms with Crippen LogP contribution in [-0.2, 0) is 4.74 Å². The highest BCUT2D eigenvalue weighted by Gasteiger charge is 2.55. The highest BCUT2D eigenvalue weighted by atomic mass is 16.5. The van der Waals surface area contributed by atoms with Crippen LogP contribution >= 0.6 is 0 Å². The molecule has 0 radical (unpaired) electrons. The first kappa shape index (κ1) is 13.5. The van der Waals surface area contributed by atoms with Crippen molar-refractivity contribution in [3.8, 4) is 0 Å². The van der Waals surface area contributed by atoms with E-state index in [-0.39, 0.29) is 0 Å². The van der Waals surface area contributed by atoms with Gasteiger partial charge in [0.2, 0.25) is 0 Å². The average molecular weight is 262 g/mol. The van der Waals surface area contributed by atoms with Gasteiger partial charge < -0.3 is 4.74 Å². The quantitative estimate of drug-likeness (QED) is 0.610. The van der Waals surface area contributed by atoms with Gasteiger partial charge in [0.05, 0.1) is 12.4 Å². The molecule has 108 valence electrons. The summed E-state index contributed by atoms with van der Waals surface area (Å²) >= 11 is 0. The molecule has 19 heavy (non-hydrogen) atoms. The van der Waals surface area contributed by atoms with Crippen molar-refractivity contribution in [1.82, 2.24) is 0 Å². The Morgan fingerprint density at radius 1 is 1.05 bits per heavy atom. The standard InChI is InChI=1S/C18H30O/c1-3-5-14-6-8-15(9-7-14)16-10-18(11-16)12-17(13-18)19-4-2/h4,14-17H,2-3,5-13H2,1H3/t14-,15-,16?,17?,18?. The topological polar surface area (TPSA) is 9.23 Å². The third kappa shape index (κ3) is 2.71. The van der Waals surface area contributed by atoms with Gasteiger partial charge in [-0.05, 0) is 61.7 Å². The van der Waals surface area contributed by atoms with Crippen LogP contribution in [-0.4, -0.2) is 6.10 Å². The third-order valence-corrected chi connectivity index (χ3v) is 6.26. The molecule has 1 nitrogen and oxygen atoms in total. The van der Waals surface area contributed by atoms with Gasteiger partial charge in [-0.2, -0.15) is 0 Å². The SMILES string of the molecule is C=COC1CC2(C1)CC([C@H]1CC[C@H](CCC)CC1)C2. The average Bonchev–Trinajstić information content (AvgIpc) is 2.32. The van der Waals surface area contributed by atoms with E-state index >= 15 is 0 Å². The molecule has 3 saturated carbocycles. The zero-order valence-electron chi connectivity index (χ0n) is 12.6. The molecule has 0 unspecified atom stereocenters. The van der Waals surface area contributed by atoms with Crippen molar-refractivity contribution >= 4 is 0 Å². The summed E-state index contributed by atoms with van der Waals surface area (Å²) in [4.78, 5) is 0. The van der Waals surface area contributed by atoms with E-state index in [1.54, 1.807) is 6.26 Å². The lowest BCUT2D eigenvalue weighted by molar-refractivity contribution is -0.131. The molecule has 0 aromatic heterocycles. The molecule has 3 rings (SSSR count). The van der Waals surface area contributed by atoms with Crippen LogP contribution < -0.4 is 0 Å². The summed E-state index contributed by atoms with van der Waals surface area (Å²) in [7, 11) is 0. The fourth-order valence-electron chi connectivity index (χ4n) is 5.21. The summed E-state index contributed by atoms with van der Waals surface area (Å²) in [6, 6.07) is 0. The fraction of sp³-hybridized carbons (Fsp3) is 0.889. The number of hydrogen-bond acceptors (Lipinski definition) is 1. The molecule has 0 heterocycles. The van der Waals surface area contributed by atoms with Crippen molar-refractivity contribution < 1.29 is 4.74 Å².